The standard InChI is InChI=1S/C11H10BrClN2O4S3/c1-21(16,17)15-9-3-2-7(6-8(9)13)14-22(18,19)11-5-4-10(12)20-11/h2-6,14-15H,1H3. The van der Waals surface area contributed by atoms with Gasteiger partial charge in [-0.2, -0.15) is 0 Å². The quantitative estimate of drug-likeness (QED) is 0.738. The van der Waals surface area contributed by atoms with Crippen LogP contribution in [-0.2, 0) is 20.0 Å². The summed E-state index contributed by atoms with van der Waals surface area (Å²) in [5.74, 6) is 0. The first kappa shape index (κ1) is 17.5. The summed E-state index contributed by atoms with van der Waals surface area (Å²) in [6.07, 6.45) is 0.995. The van der Waals surface area contributed by atoms with Crippen LogP contribution >= 0.6 is 38.9 Å². The van der Waals surface area contributed by atoms with Crippen LogP contribution in [-0.4, -0.2) is 23.1 Å². The lowest BCUT2D eigenvalue weighted by Gasteiger charge is -2.10. The number of sulfonamides is 2. The number of anilines is 2. The zero-order valence-electron chi connectivity index (χ0n) is 11.0. The molecule has 1 heterocycles. The molecule has 0 spiro atoms. The molecule has 11 heteroatoms. The van der Waals surface area contributed by atoms with Crippen LogP contribution in [0.3, 0.4) is 0 Å². The fraction of sp³-hybridized carbons (Fsp3) is 0.0909. The highest BCUT2D eigenvalue weighted by Crippen LogP contribution is 2.30. The van der Waals surface area contributed by atoms with Crippen molar-refractivity contribution in [1.29, 1.82) is 0 Å². The molecule has 0 amide bonds. The molecule has 0 aliphatic carbocycles. The van der Waals surface area contributed by atoms with E-state index in [1.54, 1.807) is 6.07 Å². The largest absolute Gasteiger partial charge is 0.282 e. The number of thiophene rings is 1. The van der Waals surface area contributed by atoms with Gasteiger partial charge in [0.25, 0.3) is 10.0 Å². The molecule has 0 aliphatic heterocycles. The smallest absolute Gasteiger partial charge is 0.271 e. The Kier molecular flexibility index (Phi) is 5.07. The van der Waals surface area contributed by atoms with Crippen LogP contribution in [0.1, 0.15) is 0 Å². The first-order valence-corrected chi connectivity index (χ1v) is 11.0. The second kappa shape index (κ2) is 6.36. The molecule has 6 nitrogen and oxygen atoms in total. The number of halogens is 2. The highest BCUT2D eigenvalue weighted by Gasteiger charge is 2.17. The molecule has 1 aromatic carbocycles. The second-order valence-electron chi connectivity index (χ2n) is 4.23. The van der Waals surface area contributed by atoms with E-state index in [2.05, 4.69) is 25.4 Å². The summed E-state index contributed by atoms with van der Waals surface area (Å²) < 4.78 is 52.1. The lowest BCUT2D eigenvalue weighted by molar-refractivity contribution is 0.602. The number of hydrogen-bond donors (Lipinski definition) is 2. The molecule has 0 fully saturated rings. The van der Waals surface area contributed by atoms with Crippen molar-refractivity contribution >= 4 is 70.3 Å². The van der Waals surface area contributed by atoms with Crippen LogP contribution in [0.5, 0.6) is 0 Å². The Bertz CT molecular complexity index is 909. The summed E-state index contributed by atoms with van der Waals surface area (Å²) in [6, 6.07) is 7.23. The van der Waals surface area contributed by atoms with Gasteiger partial charge in [0, 0.05) is 0 Å². The van der Waals surface area contributed by atoms with E-state index in [-0.39, 0.29) is 20.6 Å². The van der Waals surface area contributed by atoms with Crippen molar-refractivity contribution in [1.82, 2.24) is 0 Å². The molecule has 120 valence electrons. The lowest BCUT2D eigenvalue weighted by atomic mass is 10.3. The van der Waals surface area contributed by atoms with Crippen molar-refractivity contribution in [2.45, 2.75) is 4.21 Å². The number of nitrogens with one attached hydrogen (secondary N) is 2. The number of benzene rings is 1. The van der Waals surface area contributed by atoms with Crippen LogP contribution in [0, 0.1) is 0 Å². The molecule has 0 saturated heterocycles. The van der Waals surface area contributed by atoms with E-state index >= 15 is 0 Å². The van der Waals surface area contributed by atoms with E-state index in [0.717, 1.165) is 17.6 Å². The molecule has 0 bridgehead atoms. The average molecular weight is 446 g/mol. The molecule has 2 rings (SSSR count). The summed E-state index contributed by atoms with van der Waals surface area (Å²) in [4.78, 5) is 0. The summed E-state index contributed by atoms with van der Waals surface area (Å²) in [5, 5.41) is 0.0815. The van der Waals surface area contributed by atoms with Crippen LogP contribution in [0.2, 0.25) is 5.02 Å². The minimum atomic E-state index is -3.72. The normalized spacial score (nSPS) is 12.1. The third-order valence-corrected chi connectivity index (χ3v) is 6.73. The third kappa shape index (κ3) is 4.59. The molecular formula is C11H10BrClN2O4S3. The summed E-state index contributed by atoms with van der Waals surface area (Å²) >= 11 is 10.2. The Hall–Kier alpha value is -0.810. The number of rotatable bonds is 5. The summed E-state index contributed by atoms with van der Waals surface area (Å²) in [7, 11) is -7.18. The molecule has 0 radical (unpaired) electrons. The van der Waals surface area contributed by atoms with Gasteiger partial charge in [0.1, 0.15) is 4.21 Å². The molecule has 0 unspecified atom stereocenters. The fourth-order valence-electron chi connectivity index (χ4n) is 1.51. The molecule has 0 aliphatic rings. The molecule has 2 aromatic rings. The predicted molar refractivity (Wildman–Crippen MR) is 92.7 cm³/mol. The van der Waals surface area contributed by atoms with Crippen molar-refractivity contribution in [3.05, 3.63) is 39.1 Å². The highest BCUT2D eigenvalue weighted by atomic mass is 79.9. The third-order valence-electron chi connectivity index (χ3n) is 2.33. The zero-order valence-corrected chi connectivity index (χ0v) is 15.8. The van der Waals surface area contributed by atoms with Crippen molar-refractivity contribution < 1.29 is 16.8 Å². The highest BCUT2D eigenvalue weighted by molar-refractivity contribution is 9.11. The van der Waals surface area contributed by atoms with E-state index in [0.29, 0.717) is 3.79 Å². The van der Waals surface area contributed by atoms with Crippen LogP contribution in [0.4, 0.5) is 11.4 Å². The molecule has 22 heavy (non-hydrogen) atoms. The van der Waals surface area contributed by atoms with Gasteiger partial charge >= 0.3 is 0 Å². The monoisotopic (exact) mass is 444 g/mol. The van der Waals surface area contributed by atoms with Gasteiger partial charge < -0.3 is 0 Å². The van der Waals surface area contributed by atoms with Gasteiger partial charge in [-0.25, -0.2) is 16.8 Å². The van der Waals surface area contributed by atoms with Gasteiger partial charge in [0.05, 0.1) is 26.4 Å². The Morgan fingerprint density at radius 2 is 1.77 bits per heavy atom. The maximum Gasteiger partial charge on any atom is 0.271 e. The predicted octanol–water partition coefficient (Wildman–Crippen LogP) is 3.34. The average Bonchev–Trinajstić information content (AvgIpc) is 2.78. The van der Waals surface area contributed by atoms with Crippen LogP contribution < -0.4 is 9.44 Å². The minimum absolute atomic E-state index is 0.0815. The Morgan fingerprint density at radius 3 is 2.27 bits per heavy atom. The van der Waals surface area contributed by atoms with Crippen LogP contribution in [0.25, 0.3) is 0 Å². The van der Waals surface area contributed by atoms with Crippen molar-refractivity contribution in [3.8, 4) is 0 Å². The molecule has 0 saturated carbocycles. The maximum atomic E-state index is 12.2. The molecule has 2 N–H and O–H groups in total. The van der Waals surface area contributed by atoms with Gasteiger partial charge in [-0.15, -0.1) is 11.3 Å². The lowest BCUT2D eigenvalue weighted by Crippen LogP contribution is -2.12. The maximum absolute atomic E-state index is 12.2. The molecule has 1 aromatic heterocycles. The van der Waals surface area contributed by atoms with Gasteiger partial charge in [0.15, 0.2) is 0 Å². The van der Waals surface area contributed by atoms with Gasteiger partial charge in [-0.05, 0) is 46.3 Å². The molecular weight excluding hydrogens is 436 g/mol. The van der Waals surface area contributed by atoms with E-state index in [4.69, 9.17) is 11.6 Å². The number of hydrogen-bond acceptors (Lipinski definition) is 5. The fourth-order valence-corrected chi connectivity index (χ4v) is 5.43. The Labute approximate surface area is 145 Å². The first-order valence-electron chi connectivity index (χ1n) is 5.62. The van der Waals surface area contributed by atoms with Crippen molar-refractivity contribution in [2.75, 3.05) is 15.7 Å². The van der Waals surface area contributed by atoms with Gasteiger partial charge in [-0.1, -0.05) is 11.6 Å². The minimum Gasteiger partial charge on any atom is -0.282 e. The van der Waals surface area contributed by atoms with Crippen molar-refractivity contribution in [2.24, 2.45) is 0 Å². The van der Waals surface area contributed by atoms with E-state index in [9.17, 15) is 16.8 Å². The van der Waals surface area contributed by atoms with E-state index in [1.165, 1.54) is 24.3 Å². The van der Waals surface area contributed by atoms with Crippen molar-refractivity contribution in [3.63, 3.8) is 0 Å². The Morgan fingerprint density at radius 1 is 1.09 bits per heavy atom. The van der Waals surface area contributed by atoms with Gasteiger partial charge in [-0.3, -0.25) is 9.44 Å². The zero-order chi connectivity index (χ0) is 16.5. The Balaban J connectivity index is 2.26. The second-order valence-corrected chi connectivity index (χ2v) is 10.8. The van der Waals surface area contributed by atoms with E-state index < -0.39 is 20.0 Å². The first-order chi connectivity index (χ1) is 10.1. The topological polar surface area (TPSA) is 92.3 Å². The molecule has 0 atom stereocenters. The van der Waals surface area contributed by atoms with Crippen LogP contribution in [0.15, 0.2) is 38.3 Å². The van der Waals surface area contributed by atoms with E-state index in [1.807, 2.05) is 0 Å². The summed E-state index contributed by atoms with van der Waals surface area (Å²) in [6.45, 7) is 0. The SMILES string of the molecule is CS(=O)(=O)Nc1ccc(NS(=O)(=O)c2ccc(Br)s2)cc1Cl. The summed E-state index contributed by atoms with van der Waals surface area (Å²) in [5.41, 5.74) is 0.402. The van der Waals surface area contributed by atoms with Gasteiger partial charge in [0.2, 0.25) is 10.0 Å².